The third-order valence-electron chi connectivity index (χ3n) is 4.46. The summed E-state index contributed by atoms with van der Waals surface area (Å²) in [5.41, 5.74) is 2.09. The fraction of sp³-hybridized carbons (Fsp3) is 0.294. The van der Waals surface area contributed by atoms with Gasteiger partial charge in [-0.3, -0.25) is 8.87 Å². The van der Waals surface area contributed by atoms with Crippen molar-refractivity contribution in [3.8, 4) is 0 Å². The maximum atomic E-state index is 13.2. The normalized spacial score (nSPS) is 14.2. The molecule has 152 valence electrons. The lowest BCUT2D eigenvalue weighted by Crippen LogP contribution is -2.32. The molecule has 2 aromatic rings. The van der Waals surface area contributed by atoms with Crippen LogP contribution in [0, 0.1) is 0 Å². The van der Waals surface area contributed by atoms with E-state index in [-0.39, 0.29) is 20.6 Å². The van der Waals surface area contributed by atoms with Crippen molar-refractivity contribution in [3.63, 3.8) is 0 Å². The van der Waals surface area contributed by atoms with Gasteiger partial charge in [0.2, 0.25) is 0 Å². The van der Waals surface area contributed by atoms with Crippen LogP contribution >= 0.6 is 30.8 Å². The second-order valence-electron chi connectivity index (χ2n) is 6.41. The van der Waals surface area contributed by atoms with E-state index in [4.69, 9.17) is 23.2 Å². The summed E-state index contributed by atoms with van der Waals surface area (Å²) in [6.45, 7) is 3.65. The molecule has 1 aliphatic heterocycles. The molecule has 0 saturated heterocycles. The molecule has 0 amide bonds. The van der Waals surface area contributed by atoms with Gasteiger partial charge in [-0.2, -0.15) is 0 Å². The van der Waals surface area contributed by atoms with Crippen LogP contribution in [0.4, 0.5) is 11.4 Å². The lowest BCUT2D eigenvalue weighted by molar-refractivity contribution is 0.373. The van der Waals surface area contributed by atoms with Gasteiger partial charge in [0.15, 0.2) is 0 Å². The number of halogens is 2. The topological polar surface area (TPSA) is 98.2 Å². The molecule has 1 aliphatic rings. The molecule has 0 bridgehead atoms. The van der Waals surface area contributed by atoms with Gasteiger partial charge in [0.25, 0.3) is 10.0 Å². The first-order valence-electron chi connectivity index (χ1n) is 8.42. The van der Waals surface area contributed by atoms with Gasteiger partial charge in [0, 0.05) is 28.8 Å². The van der Waals surface area contributed by atoms with Gasteiger partial charge in [0.1, 0.15) is 6.29 Å². The fourth-order valence-electron chi connectivity index (χ4n) is 3.21. The van der Waals surface area contributed by atoms with Gasteiger partial charge in [-0.25, -0.2) is 8.42 Å². The molecule has 28 heavy (non-hydrogen) atoms. The van der Waals surface area contributed by atoms with E-state index in [1.165, 1.54) is 18.2 Å². The highest BCUT2D eigenvalue weighted by Gasteiger charge is 2.32. The van der Waals surface area contributed by atoms with Crippen LogP contribution in [0.15, 0.2) is 41.3 Å². The van der Waals surface area contributed by atoms with Crippen molar-refractivity contribution in [1.82, 2.24) is 0 Å². The summed E-state index contributed by atoms with van der Waals surface area (Å²) in [6.07, 6.45) is -0.264. The predicted molar refractivity (Wildman–Crippen MR) is 111 cm³/mol. The monoisotopic (exact) mass is 464 g/mol. The van der Waals surface area contributed by atoms with Crippen molar-refractivity contribution in [2.45, 2.75) is 18.2 Å². The second kappa shape index (κ2) is 7.86. The van der Waals surface area contributed by atoms with Crippen molar-refractivity contribution >= 4 is 52.2 Å². The summed E-state index contributed by atoms with van der Waals surface area (Å²) in [6, 6.07) is 8.75. The Bertz CT molecular complexity index is 1040. The van der Waals surface area contributed by atoms with Crippen LogP contribution in [0.5, 0.6) is 0 Å². The first-order valence-corrected chi connectivity index (χ1v) is 12.4. The maximum absolute atomic E-state index is 13.2. The van der Waals surface area contributed by atoms with Gasteiger partial charge in [0.05, 0.1) is 10.6 Å². The maximum Gasteiger partial charge on any atom is 0.345 e. The van der Waals surface area contributed by atoms with Gasteiger partial charge in [-0.05, 0) is 55.3 Å². The summed E-state index contributed by atoms with van der Waals surface area (Å²) in [5.74, 6) is 0. The fourth-order valence-corrected chi connectivity index (χ4v) is 6.62. The molecule has 0 aliphatic carbocycles. The van der Waals surface area contributed by atoms with E-state index in [1.54, 1.807) is 18.2 Å². The molecule has 0 fully saturated rings. The third-order valence-corrected chi connectivity index (χ3v) is 7.49. The molecule has 0 spiro atoms. The van der Waals surface area contributed by atoms with Crippen molar-refractivity contribution in [2.75, 3.05) is 28.6 Å². The molecular weight excluding hydrogens is 446 g/mol. The molecule has 0 unspecified atom stereocenters. The molecule has 1 heterocycles. The van der Waals surface area contributed by atoms with Crippen LogP contribution in [-0.2, 0) is 21.0 Å². The number of nitrogens with zero attached hydrogens (tertiary/aromatic N) is 2. The van der Waals surface area contributed by atoms with Crippen LogP contribution in [-0.4, -0.2) is 37.6 Å². The number of hydrogen-bond acceptors (Lipinski definition) is 4. The number of benzene rings is 2. The number of rotatable bonds is 6. The van der Waals surface area contributed by atoms with E-state index >= 15 is 0 Å². The zero-order valence-corrected chi connectivity index (χ0v) is 18.1. The standard InChI is InChI=1S/C17H19Cl2N2O5PS/c1-2-20-6-5-12-7-15(3-4-17(12)20)21(11-27(22,23)24)28(25,26)16-9-13(18)8-14(19)10-16/h3-4,7-10H,2,5-6,11H2,1H3,(H2,22,23,24). The largest absolute Gasteiger partial charge is 0.371 e. The highest BCUT2D eigenvalue weighted by Crippen LogP contribution is 2.41. The van der Waals surface area contributed by atoms with E-state index in [9.17, 15) is 22.8 Å². The Morgan fingerprint density at radius 1 is 1.14 bits per heavy atom. The first-order chi connectivity index (χ1) is 13.0. The molecule has 0 radical (unpaired) electrons. The van der Waals surface area contributed by atoms with Crippen LogP contribution in [0.1, 0.15) is 12.5 Å². The average Bonchev–Trinajstić information content (AvgIpc) is 3.00. The molecular formula is C17H19Cl2N2O5PS. The molecule has 7 nitrogen and oxygen atoms in total. The quantitative estimate of drug-likeness (QED) is 0.632. The minimum Gasteiger partial charge on any atom is -0.371 e. The van der Waals surface area contributed by atoms with Crippen molar-refractivity contribution in [1.29, 1.82) is 0 Å². The lowest BCUT2D eigenvalue weighted by Gasteiger charge is -2.26. The van der Waals surface area contributed by atoms with Crippen LogP contribution in [0.25, 0.3) is 0 Å². The summed E-state index contributed by atoms with van der Waals surface area (Å²) >= 11 is 11.8. The molecule has 0 saturated carbocycles. The van der Waals surface area contributed by atoms with E-state index < -0.39 is 23.9 Å². The third kappa shape index (κ3) is 4.48. The van der Waals surface area contributed by atoms with E-state index in [1.807, 2.05) is 6.92 Å². The Morgan fingerprint density at radius 3 is 2.36 bits per heavy atom. The Labute approximate surface area is 173 Å². The molecule has 3 rings (SSSR count). The second-order valence-corrected chi connectivity index (χ2v) is 10.8. The highest BCUT2D eigenvalue weighted by molar-refractivity contribution is 7.93. The number of likely N-dealkylation sites (N-methyl/N-ethyl adjacent to an activating group) is 1. The van der Waals surface area contributed by atoms with Gasteiger partial charge >= 0.3 is 7.60 Å². The van der Waals surface area contributed by atoms with E-state index in [2.05, 4.69) is 4.90 Å². The zero-order chi connectivity index (χ0) is 20.7. The van der Waals surface area contributed by atoms with Crippen LogP contribution < -0.4 is 9.21 Å². The van der Waals surface area contributed by atoms with Crippen LogP contribution in [0.3, 0.4) is 0 Å². The predicted octanol–water partition coefficient (Wildman–Crippen LogP) is 3.71. The van der Waals surface area contributed by atoms with Gasteiger partial charge in [-0.1, -0.05) is 23.2 Å². The van der Waals surface area contributed by atoms with Crippen molar-refractivity contribution in [2.24, 2.45) is 0 Å². The number of sulfonamides is 1. The van der Waals surface area contributed by atoms with Gasteiger partial charge in [-0.15, -0.1) is 0 Å². The van der Waals surface area contributed by atoms with E-state index in [0.717, 1.165) is 30.8 Å². The summed E-state index contributed by atoms with van der Waals surface area (Å²) in [4.78, 5) is 20.9. The molecule has 2 N–H and O–H groups in total. The minimum atomic E-state index is -4.70. The average molecular weight is 465 g/mol. The summed E-state index contributed by atoms with van der Waals surface area (Å²) < 4.78 is 38.8. The smallest absolute Gasteiger partial charge is 0.345 e. The lowest BCUT2D eigenvalue weighted by atomic mass is 10.1. The Kier molecular flexibility index (Phi) is 6.01. The molecule has 0 aromatic heterocycles. The van der Waals surface area contributed by atoms with Crippen molar-refractivity contribution in [3.05, 3.63) is 52.0 Å². The minimum absolute atomic E-state index is 0.106. The van der Waals surface area contributed by atoms with Crippen molar-refractivity contribution < 1.29 is 22.8 Å². The zero-order valence-electron chi connectivity index (χ0n) is 14.9. The summed E-state index contributed by atoms with van der Waals surface area (Å²) in [5, 5.41) is 0.212. The van der Waals surface area contributed by atoms with E-state index in [0.29, 0.717) is 4.31 Å². The Balaban J connectivity index is 2.11. The first kappa shape index (κ1) is 21.4. The summed E-state index contributed by atoms with van der Waals surface area (Å²) in [7, 11) is -9.01. The number of anilines is 2. The SMILES string of the molecule is CCN1CCc2cc(N(CP(=O)(O)O)S(=O)(=O)c3cc(Cl)cc(Cl)c3)ccc21. The van der Waals surface area contributed by atoms with Crippen LogP contribution in [0.2, 0.25) is 10.0 Å². The molecule has 0 atom stereocenters. The molecule has 2 aromatic carbocycles. The Hall–Kier alpha value is -1.28. The molecule has 11 heteroatoms. The number of fused-ring (bicyclic) bond motifs is 1. The van der Waals surface area contributed by atoms with Gasteiger partial charge < -0.3 is 14.7 Å². The Morgan fingerprint density at radius 2 is 1.79 bits per heavy atom. The highest BCUT2D eigenvalue weighted by atomic mass is 35.5. The number of hydrogen-bond donors (Lipinski definition) is 2.